The Morgan fingerprint density at radius 3 is 2.82 bits per heavy atom. The number of benzene rings is 2. The highest BCUT2D eigenvalue weighted by Gasteiger charge is 2.20. The second-order valence-corrected chi connectivity index (χ2v) is 8.08. The summed E-state index contributed by atoms with van der Waals surface area (Å²) < 4.78 is 28.2. The molecule has 1 aliphatic heterocycles. The van der Waals surface area contributed by atoms with Crippen LogP contribution in [0, 0.1) is 0 Å². The van der Waals surface area contributed by atoms with Gasteiger partial charge in [0.2, 0.25) is 0 Å². The number of carbonyl (C=O) groups is 1. The number of Topliss-reactive ketones (excluding diaryl/α,β-unsaturated/α-hetero) is 1. The Labute approximate surface area is 172 Å². The van der Waals surface area contributed by atoms with E-state index in [0.717, 1.165) is 48.5 Å². The van der Waals surface area contributed by atoms with Gasteiger partial charge in [-0.3, -0.25) is 9.00 Å². The summed E-state index contributed by atoms with van der Waals surface area (Å²) in [5, 5.41) is 4.15. The molecule has 0 saturated heterocycles. The SMILES string of the molecule is O=C(CCCCNCCc1ccccc1Cl)c1cc2c(c(S(=O)[O-])c1)OCC2. The summed E-state index contributed by atoms with van der Waals surface area (Å²) in [4.78, 5) is 12.5. The number of ether oxygens (including phenoxy) is 1. The van der Waals surface area contributed by atoms with Crippen LogP contribution in [-0.4, -0.2) is 34.2 Å². The first-order chi connectivity index (χ1) is 13.6. The Morgan fingerprint density at radius 2 is 2.04 bits per heavy atom. The van der Waals surface area contributed by atoms with Gasteiger partial charge in [0, 0.05) is 23.4 Å². The third kappa shape index (κ3) is 5.41. The van der Waals surface area contributed by atoms with E-state index in [-0.39, 0.29) is 10.7 Å². The van der Waals surface area contributed by atoms with E-state index in [1.165, 1.54) is 6.07 Å². The van der Waals surface area contributed by atoms with Gasteiger partial charge in [-0.25, -0.2) is 0 Å². The van der Waals surface area contributed by atoms with Crippen LogP contribution in [0.1, 0.15) is 40.7 Å². The van der Waals surface area contributed by atoms with Crippen LogP contribution in [0.3, 0.4) is 0 Å². The predicted octanol–water partition coefficient (Wildman–Crippen LogP) is 3.70. The minimum Gasteiger partial charge on any atom is -0.768 e. The summed E-state index contributed by atoms with van der Waals surface area (Å²) in [6.45, 7) is 2.11. The van der Waals surface area contributed by atoms with Gasteiger partial charge in [0.25, 0.3) is 0 Å². The second kappa shape index (κ2) is 10.2. The number of unbranched alkanes of at least 4 members (excludes halogenated alkanes) is 1. The quantitative estimate of drug-likeness (QED) is 0.360. The van der Waals surface area contributed by atoms with Crippen LogP contribution < -0.4 is 10.1 Å². The Balaban J connectivity index is 1.41. The molecule has 1 aliphatic rings. The van der Waals surface area contributed by atoms with Gasteiger partial charge in [-0.1, -0.05) is 29.8 Å². The number of halogens is 1. The van der Waals surface area contributed by atoms with Crippen LogP contribution in [0.2, 0.25) is 5.02 Å². The molecule has 0 radical (unpaired) electrons. The molecule has 7 heteroatoms. The van der Waals surface area contributed by atoms with E-state index in [0.29, 0.717) is 30.8 Å². The molecule has 28 heavy (non-hydrogen) atoms. The van der Waals surface area contributed by atoms with Crippen molar-refractivity contribution < 1.29 is 18.3 Å². The number of carbonyl (C=O) groups excluding carboxylic acids is 1. The zero-order valence-corrected chi connectivity index (χ0v) is 17.1. The van der Waals surface area contributed by atoms with Crippen LogP contribution in [0.25, 0.3) is 0 Å². The molecule has 3 rings (SSSR count). The number of hydrogen-bond acceptors (Lipinski definition) is 5. The molecule has 0 amide bonds. The molecule has 1 unspecified atom stereocenters. The number of ketones is 1. The summed E-state index contributed by atoms with van der Waals surface area (Å²) in [5.74, 6) is 0.366. The van der Waals surface area contributed by atoms with Gasteiger partial charge in [-0.2, -0.15) is 0 Å². The second-order valence-electron chi connectivity index (χ2n) is 6.77. The van der Waals surface area contributed by atoms with Gasteiger partial charge < -0.3 is 14.6 Å². The van der Waals surface area contributed by atoms with Crippen molar-refractivity contribution in [3.8, 4) is 5.75 Å². The van der Waals surface area contributed by atoms with Gasteiger partial charge in [-0.05, 0) is 72.8 Å². The van der Waals surface area contributed by atoms with Crippen molar-refractivity contribution >= 4 is 28.5 Å². The zero-order valence-electron chi connectivity index (χ0n) is 15.5. The van der Waals surface area contributed by atoms with Gasteiger partial charge in [-0.15, -0.1) is 0 Å². The first-order valence-electron chi connectivity index (χ1n) is 9.42. The molecule has 0 spiro atoms. The van der Waals surface area contributed by atoms with Crippen molar-refractivity contribution in [2.24, 2.45) is 0 Å². The first kappa shape index (κ1) is 21.0. The molecular formula is C21H23ClNO4S-. The average Bonchev–Trinajstić information content (AvgIpc) is 3.16. The zero-order chi connectivity index (χ0) is 19.9. The fraction of sp³-hybridized carbons (Fsp3) is 0.381. The van der Waals surface area contributed by atoms with Gasteiger partial charge in [0.15, 0.2) is 5.78 Å². The van der Waals surface area contributed by atoms with E-state index in [4.69, 9.17) is 16.3 Å². The molecule has 2 aromatic rings. The minimum atomic E-state index is -2.41. The molecule has 0 saturated carbocycles. The predicted molar refractivity (Wildman–Crippen MR) is 109 cm³/mol. The van der Waals surface area contributed by atoms with E-state index in [2.05, 4.69) is 5.32 Å². The fourth-order valence-electron chi connectivity index (χ4n) is 3.29. The van der Waals surface area contributed by atoms with E-state index in [1.807, 2.05) is 24.3 Å². The number of fused-ring (bicyclic) bond motifs is 1. The van der Waals surface area contributed by atoms with Gasteiger partial charge in [0.1, 0.15) is 5.75 Å². The Bertz CT molecular complexity index is 871. The molecule has 150 valence electrons. The van der Waals surface area contributed by atoms with E-state index in [9.17, 15) is 13.6 Å². The number of rotatable bonds is 10. The van der Waals surface area contributed by atoms with E-state index in [1.54, 1.807) is 6.07 Å². The smallest absolute Gasteiger partial charge is 0.162 e. The lowest BCUT2D eigenvalue weighted by atomic mass is 10.0. The molecule has 0 aromatic heterocycles. The molecule has 1 heterocycles. The van der Waals surface area contributed by atoms with Gasteiger partial charge >= 0.3 is 0 Å². The maximum absolute atomic E-state index is 12.5. The van der Waals surface area contributed by atoms with Crippen LogP contribution in [0.5, 0.6) is 5.75 Å². The van der Waals surface area contributed by atoms with Crippen molar-refractivity contribution in [3.05, 3.63) is 58.1 Å². The van der Waals surface area contributed by atoms with E-state index >= 15 is 0 Å². The Morgan fingerprint density at radius 1 is 1.21 bits per heavy atom. The third-order valence-electron chi connectivity index (χ3n) is 4.79. The summed E-state index contributed by atoms with van der Waals surface area (Å²) in [5.41, 5.74) is 2.38. The fourth-order valence-corrected chi connectivity index (χ4v) is 4.08. The molecule has 1 N–H and O–H groups in total. The molecule has 0 bridgehead atoms. The maximum Gasteiger partial charge on any atom is 0.162 e. The average molecular weight is 421 g/mol. The van der Waals surface area contributed by atoms with Crippen LogP contribution >= 0.6 is 11.6 Å². The number of hydrogen-bond donors (Lipinski definition) is 1. The normalized spacial score (nSPS) is 13.8. The van der Waals surface area contributed by atoms with Gasteiger partial charge in [0.05, 0.1) is 11.5 Å². The topological polar surface area (TPSA) is 78.5 Å². The molecule has 5 nitrogen and oxygen atoms in total. The molecule has 1 atom stereocenters. The van der Waals surface area contributed by atoms with Crippen molar-refractivity contribution in [2.75, 3.05) is 19.7 Å². The standard InChI is InChI=1S/C21H24ClNO4S/c22-18-6-2-1-5-15(18)8-11-23-10-4-3-7-19(24)17-13-16-9-12-27-21(16)20(14-17)28(25)26/h1-2,5-6,13-14,23H,3-4,7-12H2,(H,25,26)/p-1. The van der Waals surface area contributed by atoms with Crippen LogP contribution in [-0.2, 0) is 23.9 Å². The van der Waals surface area contributed by atoms with Crippen molar-refractivity contribution in [1.82, 2.24) is 5.32 Å². The third-order valence-corrected chi connectivity index (χ3v) is 5.82. The first-order valence-corrected chi connectivity index (χ1v) is 10.9. The largest absolute Gasteiger partial charge is 0.768 e. The number of nitrogens with one attached hydrogen (secondary N) is 1. The minimum absolute atomic E-state index is 0.0301. The van der Waals surface area contributed by atoms with E-state index < -0.39 is 11.1 Å². The Kier molecular flexibility index (Phi) is 7.62. The van der Waals surface area contributed by atoms with Crippen molar-refractivity contribution in [3.63, 3.8) is 0 Å². The summed E-state index contributed by atoms with van der Waals surface area (Å²) in [6, 6.07) is 11.0. The molecule has 0 aliphatic carbocycles. The lowest BCUT2D eigenvalue weighted by Crippen LogP contribution is -2.18. The maximum atomic E-state index is 12.5. The van der Waals surface area contributed by atoms with Crippen molar-refractivity contribution in [2.45, 2.75) is 37.0 Å². The molecule has 0 fully saturated rings. The Hall–Kier alpha value is -1.73. The summed E-state index contributed by atoms with van der Waals surface area (Å²) >= 11 is 3.72. The van der Waals surface area contributed by atoms with Crippen molar-refractivity contribution in [1.29, 1.82) is 0 Å². The molecular weight excluding hydrogens is 398 g/mol. The lowest BCUT2D eigenvalue weighted by Gasteiger charge is -2.12. The summed E-state index contributed by atoms with van der Waals surface area (Å²) in [6.07, 6.45) is 3.53. The monoisotopic (exact) mass is 420 g/mol. The van der Waals surface area contributed by atoms with Crippen LogP contribution in [0.4, 0.5) is 0 Å². The highest BCUT2D eigenvalue weighted by atomic mass is 35.5. The lowest BCUT2D eigenvalue weighted by molar-refractivity contribution is 0.0979. The van der Waals surface area contributed by atoms with Crippen LogP contribution in [0.15, 0.2) is 41.3 Å². The summed E-state index contributed by atoms with van der Waals surface area (Å²) in [7, 11) is 0. The highest BCUT2D eigenvalue weighted by molar-refractivity contribution is 7.79. The molecule has 2 aromatic carbocycles. The highest BCUT2D eigenvalue weighted by Crippen LogP contribution is 2.33.